The molecule has 0 radical (unpaired) electrons. The summed E-state index contributed by atoms with van der Waals surface area (Å²) in [6.07, 6.45) is 12.7. The molecule has 11 heavy (non-hydrogen) atoms. The van der Waals surface area contributed by atoms with Crippen LogP contribution in [-0.2, 0) is 0 Å². The fraction of sp³-hybridized carbons (Fsp3) is 0.818. The zero-order chi connectivity index (χ0) is 8.53. The number of terminal acetylenes is 1. The molecule has 0 saturated heterocycles. The van der Waals surface area contributed by atoms with Gasteiger partial charge in [0.2, 0.25) is 0 Å². The van der Waals surface area contributed by atoms with Crippen LogP contribution < -0.4 is 0 Å². The van der Waals surface area contributed by atoms with Crippen molar-refractivity contribution in [3.8, 4) is 12.3 Å². The molecule has 0 N–H and O–H groups in total. The Balaban J connectivity index is 2.86. The highest BCUT2D eigenvalue weighted by atomic mass is 14.0. The second-order valence-electron chi connectivity index (χ2n) is 3.55. The van der Waals surface area contributed by atoms with Crippen molar-refractivity contribution in [1.29, 1.82) is 0 Å². The number of hydrogen-bond donors (Lipinski definition) is 0. The minimum Gasteiger partial charge on any atom is -0.120 e. The van der Waals surface area contributed by atoms with Crippen LogP contribution in [0, 0.1) is 18.3 Å². The predicted molar refractivity (Wildman–Crippen MR) is 51.4 cm³/mol. The first-order chi connectivity index (χ1) is 5.27. The zero-order valence-electron chi connectivity index (χ0n) is 7.90. The third kappa shape index (κ3) is 9.56. The molecule has 64 valence electrons. The molecular weight excluding hydrogens is 132 g/mol. The Bertz CT molecular complexity index is 106. The van der Waals surface area contributed by atoms with Crippen molar-refractivity contribution < 1.29 is 0 Å². The van der Waals surface area contributed by atoms with E-state index in [0.29, 0.717) is 0 Å². The van der Waals surface area contributed by atoms with Crippen LogP contribution in [0.4, 0.5) is 0 Å². The maximum atomic E-state index is 5.14. The van der Waals surface area contributed by atoms with Crippen molar-refractivity contribution in [1.82, 2.24) is 0 Å². The highest BCUT2D eigenvalue weighted by Crippen LogP contribution is 2.09. The van der Waals surface area contributed by atoms with E-state index in [9.17, 15) is 0 Å². The van der Waals surface area contributed by atoms with E-state index in [0.717, 1.165) is 12.3 Å². The van der Waals surface area contributed by atoms with E-state index >= 15 is 0 Å². The molecule has 0 aromatic heterocycles. The monoisotopic (exact) mass is 152 g/mol. The molecule has 0 aliphatic rings. The summed E-state index contributed by atoms with van der Waals surface area (Å²) in [6.45, 7) is 4.56. The third-order valence-electron chi connectivity index (χ3n) is 1.85. The number of unbranched alkanes of at least 4 members (excludes halogenated alkanes) is 4. The standard InChI is InChI=1S/C11H20/c1-4-5-6-7-8-9-10-11(2)3/h1,11H,5-10H2,2-3H3. The van der Waals surface area contributed by atoms with Crippen molar-refractivity contribution in [3.63, 3.8) is 0 Å². The van der Waals surface area contributed by atoms with Gasteiger partial charge in [0.15, 0.2) is 0 Å². The first-order valence-corrected chi connectivity index (χ1v) is 4.71. The van der Waals surface area contributed by atoms with Gasteiger partial charge in [-0.15, -0.1) is 12.3 Å². The lowest BCUT2D eigenvalue weighted by Crippen LogP contribution is -1.86. The van der Waals surface area contributed by atoms with Gasteiger partial charge in [-0.3, -0.25) is 0 Å². The van der Waals surface area contributed by atoms with Crippen molar-refractivity contribution in [3.05, 3.63) is 0 Å². The predicted octanol–water partition coefficient (Wildman–Crippen LogP) is 3.62. The Labute approximate surface area is 71.4 Å². The van der Waals surface area contributed by atoms with Gasteiger partial charge >= 0.3 is 0 Å². The molecule has 0 heteroatoms. The summed E-state index contributed by atoms with van der Waals surface area (Å²) in [5.41, 5.74) is 0. The van der Waals surface area contributed by atoms with Gasteiger partial charge in [0.25, 0.3) is 0 Å². The largest absolute Gasteiger partial charge is 0.120 e. The molecule has 0 nitrogen and oxygen atoms in total. The smallest absolute Gasteiger partial charge is 0.00860 e. The molecule has 0 aliphatic heterocycles. The Morgan fingerprint density at radius 1 is 1.09 bits per heavy atom. The normalized spacial score (nSPS) is 10.0. The molecule has 0 bridgehead atoms. The van der Waals surface area contributed by atoms with Crippen molar-refractivity contribution in [2.75, 3.05) is 0 Å². The van der Waals surface area contributed by atoms with E-state index in [1.807, 2.05) is 0 Å². The van der Waals surface area contributed by atoms with Gasteiger partial charge in [0.1, 0.15) is 0 Å². The van der Waals surface area contributed by atoms with E-state index in [1.54, 1.807) is 0 Å². The van der Waals surface area contributed by atoms with Gasteiger partial charge in [-0.05, 0) is 12.3 Å². The van der Waals surface area contributed by atoms with Gasteiger partial charge in [-0.1, -0.05) is 39.5 Å². The van der Waals surface area contributed by atoms with Gasteiger partial charge in [0.05, 0.1) is 0 Å². The molecule has 0 fully saturated rings. The SMILES string of the molecule is C#CCCCCCCC(C)C. The van der Waals surface area contributed by atoms with Gasteiger partial charge < -0.3 is 0 Å². The third-order valence-corrected chi connectivity index (χ3v) is 1.85. The second-order valence-corrected chi connectivity index (χ2v) is 3.55. The van der Waals surface area contributed by atoms with E-state index in [1.165, 1.54) is 32.1 Å². The molecule has 0 aliphatic carbocycles. The highest BCUT2D eigenvalue weighted by Gasteiger charge is 1.93. The topological polar surface area (TPSA) is 0 Å². The van der Waals surface area contributed by atoms with Gasteiger partial charge in [-0.25, -0.2) is 0 Å². The maximum absolute atomic E-state index is 5.14. The summed E-state index contributed by atoms with van der Waals surface area (Å²) in [5.74, 6) is 3.53. The molecule has 0 aromatic rings. The lowest BCUT2D eigenvalue weighted by atomic mass is 10.0. The zero-order valence-corrected chi connectivity index (χ0v) is 7.90. The van der Waals surface area contributed by atoms with Crippen LogP contribution in [-0.4, -0.2) is 0 Å². The van der Waals surface area contributed by atoms with Crippen molar-refractivity contribution in [2.24, 2.45) is 5.92 Å². The molecular formula is C11H20. The van der Waals surface area contributed by atoms with Gasteiger partial charge in [-0.2, -0.15) is 0 Å². The van der Waals surface area contributed by atoms with Crippen LogP contribution in [0.25, 0.3) is 0 Å². The van der Waals surface area contributed by atoms with Crippen LogP contribution >= 0.6 is 0 Å². The Morgan fingerprint density at radius 3 is 2.27 bits per heavy atom. The molecule has 0 heterocycles. The van der Waals surface area contributed by atoms with Crippen LogP contribution in [0.5, 0.6) is 0 Å². The minimum atomic E-state index is 0.864. The second kappa shape index (κ2) is 7.66. The summed E-state index contributed by atoms with van der Waals surface area (Å²) in [5, 5.41) is 0. The fourth-order valence-electron chi connectivity index (χ4n) is 1.13. The van der Waals surface area contributed by atoms with E-state index in [-0.39, 0.29) is 0 Å². The minimum absolute atomic E-state index is 0.864. The Morgan fingerprint density at radius 2 is 1.73 bits per heavy atom. The lowest BCUT2D eigenvalue weighted by molar-refractivity contribution is 0.522. The van der Waals surface area contributed by atoms with Crippen LogP contribution in [0.15, 0.2) is 0 Å². The van der Waals surface area contributed by atoms with Crippen LogP contribution in [0.3, 0.4) is 0 Å². The summed E-state index contributed by atoms with van der Waals surface area (Å²) >= 11 is 0. The van der Waals surface area contributed by atoms with Crippen LogP contribution in [0.2, 0.25) is 0 Å². The summed E-state index contributed by atoms with van der Waals surface area (Å²) in [4.78, 5) is 0. The maximum Gasteiger partial charge on any atom is 0.00860 e. The highest BCUT2D eigenvalue weighted by molar-refractivity contribution is 4.82. The summed E-state index contributed by atoms with van der Waals surface area (Å²) < 4.78 is 0. The Hall–Kier alpha value is -0.440. The van der Waals surface area contributed by atoms with E-state index < -0.39 is 0 Å². The molecule has 0 amide bonds. The van der Waals surface area contributed by atoms with E-state index in [4.69, 9.17) is 6.42 Å². The van der Waals surface area contributed by atoms with E-state index in [2.05, 4.69) is 19.8 Å². The first kappa shape index (κ1) is 10.6. The molecule has 0 unspecified atom stereocenters. The van der Waals surface area contributed by atoms with Crippen molar-refractivity contribution in [2.45, 2.75) is 52.4 Å². The molecule has 0 saturated carbocycles. The molecule has 0 aromatic carbocycles. The average molecular weight is 152 g/mol. The number of hydrogen-bond acceptors (Lipinski definition) is 0. The molecule has 0 rings (SSSR count). The van der Waals surface area contributed by atoms with Crippen molar-refractivity contribution >= 4 is 0 Å². The first-order valence-electron chi connectivity index (χ1n) is 4.71. The van der Waals surface area contributed by atoms with Gasteiger partial charge in [0, 0.05) is 6.42 Å². The summed E-state index contributed by atoms with van der Waals surface area (Å²) in [7, 11) is 0. The Kier molecular flexibility index (Phi) is 7.36. The fourth-order valence-corrected chi connectivity index (χ4v) is 1.13. The quantitative estimate of drug-likeness (QED) is 0.403. The average Bonchev–Trinajstić information content (AvgIpc) is 1.96. The molecule has 0 atom stereocenters. The molecule has 0 spiro atoms. The number of rotatable bonds is 6. The van der Waals surface area contributed by atoms with Crippen LogP contribution in [0.1, 0.15) is 52.4 Å². The lowest BCUT2D eigenvalue weighted by Gasteiger charge is -2.02. The summed E-state index contributed by atoms with van der Waals surface area (Å²) in [6, 6.07) is 0.